The van der Waals surface area contributed by atoms with Gasteiger partial charge in [0.2, 0.25) is 0 Å². The number of aromatic nitrogens is 4. The summed E-state index contributed by atoms with van der Waals surface area (Å²) in [6, 6.07) is 25.3. The summed E-state index contributed by atoms with van der Waals surface area (Å²) >= 11 is 0. The number of aliphatic hydroxyl groups excluding tert-OH is 4. The highest BCUT2D eigenvalue weighted by molar-refractivity contribution is 5.98. The Morgan fingerprint density at radius 3 is 0.956 bits per heavy atom. The van der Waals surface area contributed by atoms with Gasteiger partial charge in [-0.1, -0.05) is 24.3 Å². The number of cyclic esters (lactones) is 4. The number of ether oxygens (including phenoxy) is 8. The van der Waals surface area contributed by atoms with Crippen molar-refractivity contribution in [2.24, 2.45) is 0 Å². The molecule has 716 valence electrons. The van der Waals surface area contributed by atoms with E-state index in [2.05, 4.69) is 65.5 Å². The van der Waals surface area contributed by atoms with Gasteiger partial charge in [-0.3, -0.25) is 24.2 Å². The summed E-state index contributed by atoms with van der Waals surface area (Å²) in [5, 5.41) is 82.5. The number of methoxy groups -OCH3 is 1. The highest BCUT2D eigenvalue weighted by Gasteiger charge is 2.36. The molecule has 0 aliphatic carbocycles. The Labute approximate surface area is 783 Å². The summed E-state index contributed by atoms with van der Waals surface area (Å²) in [4.78, 5) is 122. The second-order valence-corrected chi connectivity index (χ2v) is 34.2. The fourth-order valence-corrected chi connectivity index (χ4v) is 17.9. The predicted octanol–water partition coefficient (Wildman–Crippen LogP) is 9.23. The van der Waals surface area contributed by atoms with Crippen molar-refractivity contribution in [1.82, 2.24) is 60.8 Å². The average Bonchev–Trinajstić information content (AvgIpc) is 1.61. The van der Waals surface area contributed by atoms with Gasteiger partial charge in [0, 0.05) is 180 Å². The van der Waals surface area contributed by atoms with E-state index >= 15 is 0 Å². The third kappa shape index (κ3) is 24.4. The van der Waals surface area contributed by atoms with Gasteiger partial charge in [-0.2, -0.15) is 24.6 Å². The number of alkyl halides is 3. The molecule has 4 fully saturated rings. The molecule has 8 aliphatic heterocycles. The summed E-state index contributed by atoms with van der Waals surface area (Å²) < 4.78 is 78.2. The molecule has 136 heavy (non-hydrogen) atoms. The number of carbonyl (C=O) groups is 8. The molecule has 12 heterocycles. The van der Waals surface area contributed by atoms with Crippen LogP contribution in [-0.4, -0.2) is 244 Å². The quantitative estimate of drug-likeness (QED) is 0.0167. The molecule has 4 aromatic heterocycles. The highest BCUT2D eigenvalue weighted by atomic mass is 19.3. The van der Waals surface area contributed by atoms with Crippen LogP contribution in [0.3, 0.4) is 0 Å². The molecule has 0 spiro atoms. The number of aliphatic hydroxyl groups is 4. The van der Waals surface area contributed by atoms with Crippen LogP contribution < -0.4 is 40.2 Å². The van der Waals surface area contributed by atoms with Crippen LogP contribution in [0.2, 0.25) is 0 Å². The van der Waals surface area contributed by atoms with Gasteiger partial charge in [-0.15, -0.1) is 0 Å². The van der Waals surface area contributed by atoms with Crippen molar-refractivity contribution in [1.29, 1.82) is 15.8 Å². The number of hydrogen-bond donors (Lipinski definition) is 8. The SMILES string of the molecule is CCOc1cc(C(=O)NC2CCN(C[C@H](O)c3ccc4c(c3C)COC4=O)CC2)ncc1C#N.COc1cc(C(=O)NC2CCN(C[C@H](O)c3ccc4c(c3C)COC4=O)CC2)ncc1C#N.Cc1c([C@@H](O)CN2CCC(NC(=O)c3cc(OCCF)c(C#N)cn3)CC2)ccc2c1COC2=O.Cc1cnc(C(=O)NC2CCN(C[C@H](O)c3ccc4c(c3C)COC4=O)CC2)cc1OC(F)F. The van der Waals surface area contributed by atoms with Crippen molar-refractivity contribution >= 4 is 47.5 Å². The van der Waals surface area contributed by atoms with Gasteiger partial charge in [-0.05, 0) is 162 Å². The van der Waals surface area contributed by atoms with Gasteiger partial charge in [0.05, 0.1) is 60.4 Å². The number of pyridine rings is 4. The molecule has 0 radical (unpaired) electrons. The molecule has 0 saturated carbocycles. The number of piperidine rings is 4. The number of esters is 4. The van der Waals surface area contributed by atoms with Crippen LogP contribution in [0.1, 0.15) is 255 Å². The van der Waals surface area contributed by atoms with Crippen molar-refractivity contribution in [3.05, 3.63) is 232 Å². The first-order chi connectivity index (χ1) is 65.4. The minimum atomic E-state index is -2.98. The molecule has 38 heteroatoms. The number of fused-ring (bicyclic) bond motifs is 4. The van der Waals surface area contributed by atoms with E-state index in [1.807, 2.05) is 52.8 Å². The first-order valence-corrected chi connectivity index (χ1v) is 45.0. The molecule has 8 aliphatic rings. The van der Waals surface area contributed by atoms with Crippen LogP contribution in [-0.2, 0) is 45.4 Å². The fourth-order valence-electron chi connectivity index (χ4n) is 17.9. The Hall–Kier alpha value is -13.6. The van der Waals surface area contributed by atoms with Crippen LogP contribution >= 0.6 is 0 Å². The van der Waals surface area contributed by atoms with Crippen LogP contribution in [0.25, 0.3) is 0 Å². The smallest absolute Gasteiger partial charge is 0.387 e. The lowest BCUT2D eigenvalue weighted by molar-refractivity contribution is -0.0504. The van der Waals surface area contributed by atoms with E-state index in [-0.39, 0.29) is 144 Å². The predicted molar refractivity (Wildman–Crippen MR) is 480 cm³/mol. The molecule has 35 nitrogen and oxygen atoms in total. The van der Waals surface area contributed by atoms with Crippen molar-refractivity contribution in [3.63, 3.8) is 0 Å². The van der Waals surface area contributed by atoms with Crippen LogP contribution in [0.5, 0.6) is 23.0 Å². The number of halogens is 3. The molecule has 0 bridgehead atoms. The lowest BCUT2D eigenvalue weighted by atomic mass is 9.94. The maximum Gasteiger partial charge on any atom is 0.387 e. The van der Waals surface area contributed by atoms with Gasteiger partial charge in [0.1, 0.15) is 120 Å². The molecule has 4 aromatic carbocycles. The van der Waals surface area contributed by atoms with E-state index < -0.39 is 43.6 Å². The molecule has 8 N–H and O–H groups in total. The normalized spacial score (nSPS) is 17.1. The minimum Gasteiger partial charge on any atom is -0.495 e. The summed E-state index contributed by atoms with van der Waals surface area (Å²) in [5.74, 6) is -1.98. The zero-order valence-electron chi connectivity index (χ0n) is 76.4. The van der Waals surface area contributed by atoms with E-state index in [4.69, 9.17) is 48.9 Å². The van der Waals surface area contributed by atoms with Crippen molar-refractivity contribution in [2.45, 2.75) is 175 Å². The summed E-state index contributed by atoms with van der Waals surface area (Å²) in [6.45, 7) is 16.0. The number of β-amino-alcohol motifs (C(OH)–C–C–N with tert-alkyl or cyclic N) is 4. The zero-order valence-corrected chi connectivity index (χ0v) is 76.4. The third-order valence-electron chi connectivity index (χ3n) is 25.7. The number of aryl methyl sites for hydroxylation is 1. The molecule has 4 atom stereocenters. The monoisotopic (exact) mass is 1870 g/mol. The number of nitrogens with zero attached hydrogens (tertiary/aromatic N) is 11. The molecule has 16 rings (SSSR count). The van der Waals surface area contributed by atoms with Crippen LogP contribution in [0.15, 0.2) is 97.6 Å². The summed E-state index contributed by atoms with van der Waals surface area (Å²) in [5.41, 5.74) is 14.1. The first kappa shape index (κ1) is 99.8. The second kappa shape index (κ2) is 46.1. The standard InChI is InChI=1S/C25H27FN4O5.C25H28N4O5.C24H27F2N3O5.C24H26N4O5/c1-15-18(2-3-19-20(15)14-35-25(19)33)22(31)13-30-7-4-17(5-8-30)29-24(32)21-10-23(34-9-6-26)16(11-27)12-28-21;1-3-33-23-10-21(27-12-16(23)11-26)24(31)28-17-6-8-29(9-7-17)13-22(30)18-4-5-19-20(15(18)2)14-34-25(19)32;1-13-10-27-19(9-21(13)34-24(25)26)22(31)28-15-5-7-29(8-6-15)11-20(30)16-3-4-17-18(14(16)2)12-33-23(17)32;1-14-17(3-4-18-19(14)13-33-24(18)31)21(29)12-28-7-5-16(6-8-28)27-23(30)20-9-22(32-2)15(10-25)11-26-20/h2-3,10,12,17,22,31H,4-9,13-14H2,1H3,(H,29,32);4-5,10,12,17,22,30H,3,6-9,13-14H2,1-2H3,(H,28,31);3-4,9-10,15,20,24,30H,5-8,11-12H2,1-2H3,(H,28,31);3-4,9,11,16,21,29H,5-8,12-13H2,1-2H3,(H,27,30)/t2*22-;20-;21-/m0000/s1. The number of benzene rings is 4. The average molecular weight is 1870 g/mol. The lowest BCUT2D eigenvalue weighted by Crippen LogP contribution is -2.45. The Bertz CT molecular complexity index is 5920. The Kier molecular flexibility index (Phi) is 33.8. The summed E-state index contributed by atoms with van der Waals surface area (Å²) in [6.07, 6.45) is 8.25. The van der Waals surface area contributed by atoms with Crippen molar-refractivity contribution in [2.75, 3.05) is 106 Å². The minimum absolute atomic E-state index is 0.000720. The van der Waals surface area contributed by atoms with E-state index in [1.54, 1.807) is 55.5 Å². The number of nitriles is 3. The third-order valence-corrected chi connectivity index (χ3v) is 25.7. The molecule has 0 unspecified atom stereocenters. The molecular weight excluding hydrogens is 1760 g/mol. The van der Waals surface area contributed by atoms with Crippen LogP contribution in [0, 0.1) is 68.6 Å². The van der Waals surface area contributed by atoms with E-state index in [0.717, 1.165) is 119 Å². The lowest BCUT2D eigenvalue weighted by Gasteiger charge is -2.33. The Morgan fingerprint density at radius 1 is 0.426 bits per heavy atom. The highest BCUT2D eigenvalue weighted by Crippen LogP contribution is 2.37. The largest absolute Gasteiger partial charge is 0.495 e. The molecule has 4 saturated heterocycles. The number of nitrogens with one attached hydrogen (secondary N) is 4. The molecule has 4 amide bonds. The second-order valence-electron chi connectivity index (χ2n) is 34.2. The maximum atomic E-state index is 12.7. The van der Waals surface area contributed by atoms with Gasteiger partial charge in [0.15, 0.2) is 0 Å². The van der Waals surface area contributed by atoms with Gasteiger partial charge in [0.25, 0.3) is 23.6 Å². The van der Waals surface area contributed by atoms with Crippen LogP contribution in [0.4, 0.5) is 13.2 Å². The van der Waals surface area contributed by atoms with Gasteiger partial charge < -0.3 is 99.2 Å². The molecular formula is C98H108F3N15O20. The molecule has 8 aromatic rings. The van der Waals surface area contributed by atoms with E-state index in [1.165, 1.54) is 56.2 Å². The number of hydrogen-bond acceptors (Lipinski definition) is 31. The van der Waals surface area contributed by atoms with E-state index in [9.17, 15) is 72.0 Å². The fraction of sp³-hybridized carbons (Fsp3) is 0.439. The number of rotatable bonds is 28. The maximum absolute atomic E-state index is 12.7. The first-order valence-electron chi connectivity index (χ1n) is 45.0. The topological polar surface area (TPSA) is 475 Å². The number of likely N-dealkylation sites (tertiary alicyclic amines) is 4. The van der Waals surface area contributed by atoms with E-state index in [0.29, 0.717) is 130 Å². The number of amides is 4. The Balaban J connectivity index is 0.000000153. The van der Waals surface area contributed by atoms with Gasteiger partial charge >= 0.3 is 30.5 Å². The van der Waals surface area contributed by atoms with Crippen molar-refractivity contribution in [3.8, 4) is 41.2 Å². The zero-order chi connectivity index (χ0) is 97.1. The Morgan fingerprint density at radius 2 is 0.691 bits per heavy atom. The van der Waals surface area contributed by atoms with Crippen molar-refractivity contribution < 1.29 is 110 Å². The van der Waals surface area contributed by atoms with Gasteiger partial charge in [-0.25, -0.2) is 38.5 Å². The summed E-state index contributed by atoms with van der Waals surface area (Å²) in [7, 11) is 1.44. The number of carbonyl (C=O) groups excluding carboxylic acids is 8.